The van der Waals surface area contributed by atoms with Gasteiger partial charge in [-0.2, -0.15) is 0 Å². The minimum atomic E-state index is -1.03. The smallest absolute Gasteiger partial charge is 0.204 e. The van der Waals surface area contributed by atoms with Crippen molar-refractivity contribution >= 4 is 38.7 Å². The van der Waals surface area contributed by atoms with E-state index in [9.17, 15) is 5.11 Å². The van der Waals surface area contributed by atoms with Gasteiger partial charge < -0.3 is 10.0 Å². The number of aliphatic imine (C=N–C) groups is 1. The maximum atomic E-state index is 10.8. The first-order chi connectivity index (χ1) is 15.1. The number of hydrogen-bond donors (Lipinski definition) is 2. The Morgan fingerprint density at radius 1 is 0.935 bits per heavy atom. The Bertz CT molecular complexity index is 1160. The van der Waals surface area contributed by atoms with Gasteiger partial charge in [-0.25, -0.2) is 4.84 Å². The fraction of sp³-hybridized carbons (Fsp3) is 0.208. The molecule has 3 aromatic rings. The predicted molar refractivity (Wildman–Crippen MR) is 124 cm³/mol. The Balaban J connectivity index is 1.43. The summed E-state index contributed by atoms with van der Waals surface area (Å²) in [6, 6.07) is 24.5. The number of nitrogens with one attached hydrogen (secondary N) is 1. The van der Waals surface area contributed by atoms with Crippen molar-refractivity contribution in [2.45, 2.75) is 31.3 Å². The second-order valence-electron chi connectivity index (χ2n) is 8.12. The topological polar surface area (TPSA) is 60.1 Å². The Labute approximate surface area is 188 Å². The molecule has 31 heavy (non-hydrogen) atoms. The molecule has 2 fully saturated rings. The highest BCUT2D eigenvalue weighted by Crippen LogP contribution is 2.54. The van der Waals surface area contributed by atoms with E-state index in [0.717, 1.165) is 27.2 Å². The van der Waals surface area contributed by atoms with Gasteiger partial charge >= 0.3 is 0 Å². The predicted octanol–water partition coefficient (Wildman–Crippen LogP) is 4.42. The zero-order chi connectivity index (χ0) is 21.1. The van der Waals surface area contributed by atoms with Crippen LogP contribution in [-0.4, -0.2) is 29.2 Å². The van der Waals surface area contributed by atoms with Crippen LogP contribution in [0.25, 0.3) is 0 Å². The van der Waals surface area contributed by atoms with E-state index in [2.05, 4.69) is 63.7 Å². The van der Waals surface area contributed by atoms with Crippen molar-refractivity contribution in [1.82, 2.24) is 5.59 Å². The van der Waals surface area contributed by atoms with Crippen molar-refractivity contribution in [1.29, 1.82) is 0 Å². The largest absolute Gasteiger partial charge is 0.365 e. The Morgan fingerprint density at radius 3 is 2.45 bits per heavy atom. The molecule has 0 radical (unpaired) electrons. The van der Waals surface area contributed by atoms with Crippen LogP contribution in [-0.2, 0) is 4.84 Å². The number of benzene rings is 3. The Hall–Kier alpha value is -2.71. The summed E-state index contributed by atoms with van der Waals surface area (Å²) in [7, 11) is 0. The quantitative estimate of drug-likeness (QED) is 0.548. The van der Waals surface area contributed by atoms with Gasteiger partial charge in [0.25, 0.3) is 0 Å². The third kappa shape index (κ3) is 3.08. The average molecular weight is 477 g/mol. The lowest BCUT2D eigenvalue weighted by atomic mass is 10.0. The summed E-state index contributed by atoms with van der Waals surface area (Å²) < 4.78 is 1.05. The highest BCUT2D eigenvalue weighted by atomic mass is 79.9. The first-order valence-corrected chi connectivity index (χ1v) is 11.1. The van der Waals surface area contributed by atoms with Crippen molar-refractivity contribution in [2.24, 2.45) is 4.99 Å². The van der Waals surface area contributed by atoms with E-state index in [1.807, 2.05) is 47.5 Å². The Kier molecular flexibility index (Phi) is 4.40. The second kappa shape index (κ2) is 7.17. The molecule has 2 saturated heterocycles. The highest BCUT2D eigenvalue weighted by molar-refractivity contribution is 9.10. The van der Waals surface area contributed by atoms with Crippen molar-refractivity contribution in [3.63, 3.8) is 0 Å². The number of aryl methyl sites for hydroxylation is 1. The minimum absolute atomic E-state index is 0.0622. The van der Waals surface area contributed by atoms with Crippen molar-refractivity contribution < 1.29 is 9.94 Å². The van der Waals surface area contributed by atoms with Crippen LogP contribution in [0, 0.1) is 6.92 Å². The highest BCUT2D eigenvalue weighted by Gasteiger charge is 2.58. The number of para-hydroxylation sites is 2. The molecule has 3 aliphatic heterocycles. The van der Waals surface area contributed by atoms with Crippen LogP contribution in [0.5, 0.6) is 0 Å². The molecule has 7 heteroatoms. The number of rotatable bonds is 3. The average Bonchev–Trinajstić information content (AvgIpc) is 3.42. The maximum absolute atomic E-state index is 10.8. The van der Waals surface area contributed by atoms with Gasteiger partial charge in [0.1, 0.15) is 6.04 Å². The van der Waals surface area contributed by atoms with Crippen LogP contribution in [0.1, 0.15) is 17.2 Å². The minimum Gasteiger partial charge on any atom is -0.365 e. The zero-order valence-electron chi connectivity index (χ0n) is 16.8. The van der Waals surface area contributed by atoms with Crippen LogP contribution >= 0.6 is 15.9 Å². The maximum Gasteiger partial charge on any atom is 0.204 e. The van der Waals surface area contributed by atoms with Gasteiger partial charge in [0.2, 0.25) is 6.29 Å². The number of nitrogens with zero attached hydrogens (tertiary/aromatic N) is 3. The van der Waals surface area contributed by atoms with Gasteiger partial charge in [-0.15, -0.1) is 5.59 Å². The molecule has 3 heterocycles. The van der Waals surface area contributed by atoms with Crippen molar-refractivity contribution in [2.75, 3.05) is 9.91 Å². The molecule has 2 N–H and O–H groups in total. The van der Waals surface area contributed by atoms with E-state index in [1.54, 1.807) is 0 Å². The van der Waals surface area contributed by atoms with Gasteiger partial charge in [0.05, 0.1) is 34.9 Å². The van der Waals surface area contributed by atoms with Crippen LogP contribution in [0.4, 0.5) is 17.1 Å². The van der Waals surface area contributed by atoms with E-state index in [0.29, 0.717) is 0 Å². The molecule has 0 aromatic heterocycles. The SMILES string of the molecule is Cc1ccc(N2NOC(O)C2C2=Nc3ccccc3N3C2C3c2ccc(Br)cc2)cc1. The standard InChI is InChI=1S/C24H21BrN4O2/c1-14-6-12-17(13-7-14)29-23(24(30)31-27-29)20-22-21(15-8-10-16(25)11-9-15)28(22)19-5-3-2-4-18(19)26-20/h2-13,21-24,27,30H,1H3. The molecule has 156 valence electrons. The van der Waals surface area contributed by atoms with Crippen LogP contribution < -0.4 is 15.5 Å². The molecule has 0 bridgehead atoms. The molecule has 4 atom stereocenters. The van der Waals surface area contributed by atoms with Crippen LogP contribution in [0.2, 0.25) is 0 Å². The van der Waals surface area contributed by atoms with Gasteiger partial charge in [-0.1, -0.05) is 57.9 Å². The third-order valence-corrected chi connectivity index (χ3v) is 6.70. The van der Waals surface area contributed by atoms with Crippen molar-refractivity contribution in [3.8, 4) is 0 Å². The summed E-state index contributed by atoms with van der Waals surface area (Å²) in [5.74, 6) is 0. The molecule has 6 nitrogen and oxygen atoms in total. The van der Waals surface area contributed by atoms with E-state index < -0.39 is 12.3 Å². The number of fused-ring (bicyclic) bond motifs is 3. The number of aliphatic hydroxyl groups excluding tert-OH is 1. The van der Waals surface area contributed by atoms with Gasteiger partial charge in [0, 0.05) is 4.47 Å². The summed E-state index contributed by atoms with van der Waals surface area (Å²) in [5, 5.41) is 12.6. The van der Waals surface area contributed by atoms with Gasteiger partial charge in [-0.05, 0) is 48.9 Å². The molecule has 0 amide bonds. The fourth-order valence-corrected chi connectivity index (χ4v) is 4.88. The van der Waals surface area contributed by atoms with Gasteiger partial charge in [0.15, 0.2) is 0 Å². The van der Waals surface area contributed by atoms with E-state index in [4.69, 9.17) is 9.83 Å². The summed E-state index contributed by atoms with van der Waals surface area (Å²) in [6.07, 6.45) is -1.03. The molecule has 0 aliphatic carbocycles. The first kappa shape index (κ1) is 19.0. The monoisotopic (exact) mass is 476 g/mol. The van der Waals surface area contributed by atoms with Crippen molar-refractivity contribution in [3.05, 3.63) is 88.4 Å². The van der Waals surface area contributed by atoms with Gasteiger partial charge in [-0.3, -0.25) is 10.0 Å². The third-order valence-electron chi connectivity index (χ3n) is 6.17. The Morgan fingerprint density at radius 2 is 1.68 bits per heavy atom. The lowest BCUT2D eigenvalue weighted by Crippen LogP contribution is -2.48. The normalized spacial score (nSPS) is 26.4. The van der Waals surface area contributed by atoms with Crippen LogP contribution in [0.15, 0.2) is 82.3 Å². The second-order valence-corrected chi connectivity index (χ2v) is 9.04. The number of hydrazine groups is 1. The number of hydrogen-bond acceptors (Lipinski definition) is 6. The molecular formula is C24H21BrN4O2. The summed E-state index contributed by atoms with van der Waals surface area (Å²) in [6.45, 7) is 2.05. The van der Waals surface area contributed by atoms with E-state index in [-0.39, 0.29) is 12.1 Å². The molecular weight excluding hydrogens is 456 g/mol. The van der Waals surface area contributed by atoms with Crippen LogP contribution in [0.3, 0.4) is 0 Å². The molecule has 6 rings (SSSR count). The number of aliphatic hydroxyl groups is 1. The molecule has 0 spiro atoms. The van der Waals surface area contributed by atoms with E-state index in [1.165, 1.54) is 11.1 Å². The molecule has 3 aliphatic rings. The van der Waals surface area contributed by atoms with E-state index >= 15 is 0 Å². The lowest BCUT2D eigenvalue weighted by Gasteiger charge is -2.28. The fourth-order valence-electron chi connectivity index (χ4n) is 4.62. The zero-order valence-corrected chi connectivity index (χ0v) is 18.4. The lowest BCUT2D eigenvalue weighted by molar-refractivity contribution is -0.100. The summed E-state index contributed by atoms with van der Waals surface area (Å²) in [4.78, 5) is 12.9. The molecule has 0 saturated carbocycles. The molecule has 4 unspecified atom stereocenters. The summed E-state index contributed by atoms with van der Waals surface area (Å²) in [5.41, 5.74) is 9.13. The summed E-state index contributed by atoms with van der Waals surface area (Å²) >= 11 is 3.53. The first-order valence-electron chi connectivity index (χ1n) is 10.3. The number of anilines is 2. The number of halogens is 1. The molecule has 3 aromatic carbocycles.